The van der Waals surface area contributed by atoms with Crippen molar-refractivity contribution in [3.63, 3.8) is 0 Å². The van der Waals surface area contributed by atoms with Crippen LogP contribution >= 0.6 is 11.9 Å². The Morgan fingerprint density at radius 1 is 1.00 bits per heavy atom. The van der Waals surface area contributed by atoms with Crippen LogP contribution in [0.25, 0.3) is 0 Å². The van der Waals surface area contributed by atoms with Gasteiger partial charge in [-0.3, -0.25) is 0 Å². The minimum Gasteiger partial charge on any atom is -0.358 e. The van der Waals surface area contributed by atoms with Gasteiger partial charge in [0.2, 0.25) is 0 Å². The van der Waals surface area contributed by atoms with Crippen molar-refractivity contribution in [2.75, 3.05) is 0 Å². The summed E-state index contributed by atoms with van der Waals surface area (Å²) in [6.45, 7) is 16.0. The fourth-order valence-electron chi connectivity index (χ4n) is 1.88. The van der Waals surface area contributed by atoms with Gasteiger partial charge in [0.25, 0.3) is 0 Å². The van der Waals surface area contributed by atoms with Gasteiger partial charge in [-0.25, -0.2) is 0 Å². The van der Waals surface area contributed by atoms with E-state index in [1.54, 1.807) is 0 Å². The molecule has 0 aromatic rings. The van der Waals surface area contributed by atoms with Gasteiger partial charge in [0.1, 0.15) is 0 Å². The molecule has 1 heterocycles. The standard InChI is InChI=1S/C14H28N2S/c1-8-13(4,5)15-10-11-16(17-12(15)3)14(6,7)9-2/h10-12H,8-9H2,1-7H3/t12-/m1/s1. The first-order chi connectivity index (χ1) is 7.74. The highest BCUT2D eigenvalue weighted by atomic mass is 32.2. The highest BCUT2D eigenvalue weighted by molar-refractivity contribution is 7.97. The Bertz CT molecular complexity index is 284. The van der Waals surface area contributed by atoms with Crippen LogP contribution in [-0.2, 0) is 0 Å². The third kappa shape index (κ3) is 3.12. The topological polar surface area (TPSA) is 6.48 Å². The lowest BCUT2D eigenvalue weighted by Crippen LogP contribution is -2.49. The molecule has 0 aromatic heterocycles. The van der Waals surface area contributed by atoms with E-state index in [2.05, 4.69) is 70.1 Å². The van der Waals surface area contributed by atoms with Crippen molar-refractivity contribution < 1.29 is 0 Å². The molecular formula is C14H28N2S. The monoisotopic (exact) mass is 256 g/mol. The summed E-state index contributed by atoms with van der Waals surface area (Å²) in [5.41, 5.74) is 0.475. The van der Waals surface area contributed by atoms with E-state index in [4.69, 9.17) is 0 Å². The minimum absolute atomic E-state index is 0.234. The van der Waals surface area contributed by atoms with E-state index in [0.717, 1.165) is 6.42 Å². The predicted molar refractivity (Wildman–Crippen MR) is 78.6 cm³/mol. The van der Waals surface area contributed by atoms with Gasteiger partial charge < -0.3 is 9.21 Å². The predicted octanol–water partition coefficient (Wildman–Crippen LogP) is 4.45. The van der Waals surface area contributed by atoms with Crippen LogP contribution in [-0.4, -0.2) is 25.7 Å². The largest absolute Gasteiger partial charge is 0.358 e. The van der Waals surface area contributed by atoms with E-state index in [1.165, 1.54) is 6.42 Å². The van der Waals surface area contributed by atoms with E-state index in [9.17, 15) is 0 Å². The number of hydrogen-bond acceptors (Lipinski definition) is 3. The molecule has 0 spiro atoms. The van der Waals surface area contributed by atoms with Crippen LogP contribution in [0.5, 0.6) is 0 Å². The number of hydrogen-bond donors (Lipinski definition) is 0. The molecular weight excluding hydrogens is 228 g/mol. The summed E-state index contributed by atoms with van der Waals surface area (Å²) in [6.07, 6.45) is 6.83. The second-order valence-corrected chi connectivity index (χ2v) is 7.35. The Hall–Kier alpha value is -0.310. The van der Waals surface area contributed by atoms with Crippen molar-refractivity contribution >= 4 is 11.9 Å². The molecule has 0 unspecified atom stereocenters. The normalized spacial score (nSPS) is 22.2. The van der Waals surface area contributed by atoms with E-state index in [-0.39, 0.29) is 11.1 Å². The molecule has 1 aliphatic heterocycles. The van der Waals surface area contributed by atoms with Crippen molar-refractivity contribution in [3.05, 3.63) is 12.4 Å². The van der Waals surface area contributed by atoms with Crippen molar-refractivity contribution in [1.82, 2.24) is 9.21 Å². The molecule has 0 N–H and O–H groups in total. The maximum Gasteiger partial charge on any atom is 0.0920 e. The Kier molecular flexibility index (Phi) is 4.45. The van der Waals surface area contributed by atoms with E-state index in [1.807, 2.05) is 11.9 Å². The first kappa shape index (κ1) is 14.7. The Morgan fingerprint density at radius 2 is 1.53 bits per heavy atom. The molecule has 0 saturated carbocycles. The van der Waals surface area contributed by atoms with E-state index >= 15 is 0 Å². The van der Waals surface area contributed by atoms with Gasteiger partial charge in [0.05, 0.1) is 5.37 Å². The van der Waals surface area contributed by atoms with Crippen molar-refractivity contribution in [2.45, 2.75) is 77.8 Å². The van der Waals surface area contributed by atoms with Crippen LogP contribution in [0, 0.1) is 0 Å². The number of rotatable bonds is 4. The Morgan fingerprint density at radius 3 is 1.94 bits per heavy atom. The molecule has 2 nitrogen and oxygen atoms in total. The van der Waals surface area contributed by atoms with Crippen LogP contribution in [0.2, 0.25) is 0 Å². The minimum atomic E-state index is 0.234. The van der Waals surface area contributed by atoms with Crippen molar-refractivity contribution in [3.8, 4) is 0 Å². The van der Waals surface area contributed by atoms with Gasteiger partial charge in [0, 0.05) is 23.5 Å². The van der Waals surface area contributed by atoms with Crippen molar-refractivity contribution in [2.24, 2.45) is 0 Å². The molecule has 17 heavy (non-hydrogen) atoms. The Labute approximate surface area is 112 Å². The SMILES string of the molecule is CCC(C)(C)N1C=CN(C(C)(C)CC)[C@@H](C)S1. The average Bonchev–Trinajstić information content (AvgIpc) is 2.28. The molecule has 3 heteroatoms. The summed E-state index contributed by atoms with van der Waals surface area (Å²) in [7, 11) is 0. The third-order valence-electron chi connectivity index (χ3n) is 4.05. The summed E-state index contributed by atoms with van der Waals surface area (Å²) < 4.78 is 2.40. The summed E-state index contributed by atoms with van der Waals surface area (Å²) >= 11 is 1.94. The van der Waals surface area contributed by atoms with Gasteiger partial charge in [-0.15, -0.1) is 0 Å². The zero-order valence-corrected chi connectivity index (χ0v) is 13.3. The second kappa shape index (κ2) is 5.13. The van der Waals surface area contributed by atoms with Gasteiger partial charge in [0.15, 0.2) is 0 Å². The molecule has 0 fully saturated rings. The quantitative estimate of drug-likeness (QED) is 0.686. The van der Waals surface area contributed by atoms with Gasteiger partial charge in [-0.05, 0) is 59.4 Å². The second-order valence-electron chi connectivity index (χ2n) is 6.07. The van der Waals surface area contributed by atoms with E-state index in [0.29, 0.717) is 5.37 Å². The van der Waals surface area contributed by atoms with Gasteiger partial charge in [-0.1, -0.05) is 13.8 Å². The van der Waals surface area contributed by atoms with Gasteiger partial charge >= 0.3 is 0 Å². The first-order valence-electron chi connectivity index (χ1n) is 6.67. The van der Waals surface area contributed by atoms with Gasteiger partial charge in [-0.2, -0.15) is 0 Å². The molecule has 0 aromatic carbocycles. The fourth-order valence-corrected chi connectivity index (χ4v) is 3.21. The zero-order chi connectivity index (χ0) is 13.3. The highest BCUT2D eigenvalue weighted by Crippen LogP contribution is 2.38. The lowest BCUT2D eigenvalue weighted by Gasteiger charge is -2.48. The fraction of sp³-hybridized carbons (Fsp3) is 0.857. The van der Waals surface area contributed by atoms with Crippen LogP contribution < -0.4 is 0 Å². The maximum absolute atomic E-state index is 2.47. The molecule has 0 radical (unpaired) electrons. The molecule has 1 rings (SSSR count). The molecule has 0 bridgehead atoms. The smallest absolute Gasteiger partial charge is 0.0920 e. The van der Waals surface area contributed by atoms with Crippen LogP contribution in [0.3, 0.4) is 0 Å². The maximum atomic E-state index is 2.47. The van der Waals surface area contributed by atoms with Crippen LogP contribution in [0.4, 0.5) is 0 Å². The molecule has 0 aliphatic carbocycles. The molecule has 0 amide bonds. The lowest BCUT2D eigenvalue weighted by atomic mass is 9.99. The first-order valence-corrected chi connectivity index (χ1v) is 7.51. The van der Waals surface area contributed by atoms with Crippen molar-refractivity contribution in [1.29, 1.82) is 0 Å². The molecule has 0 saturated heterocycles. The summed E-state index contributed by atoms with van der Waals surface area (Å²) in [5, 5.41) is 0.501. The number of nitrogens with zero attached hydrogens (tertiary/aromatic N) is 2. The van der Waals surface area contributed by atoms with Crippen LogP contribution in [0.15, 0.2) is 12.4 Å². The molecule has 100 valence electrons. The summed E-state index contributed by atoms with van der Waals surface area (Å²) in [4.78, 5) is 2.47. The van der Waals surface area contributed by atoms with Crippen LogP contribution in [0.1, 0.15) is 61.3 Å². The lowest BCUT2D eigenvalue weighted by molar-refractivity contribution is 0.157. The molecule has 1 aliphatic rings. The Balaban J connectivity index is 2.84. The summed E-state index contributed by atoms with van der Waals surface area (Å²) in [6, 6.07) is 0. The van der Waals surface area contributed by atoms with E-state index < -0.39 is 0 Å². The highest BCUT2D eigenvalue weighted by Gasteiger charge is 2.34. The third-order valence-corrected chi connectivity index (χ3v) is 5.42. The molecule has 1 atom stereocenters. The summed E-state index contributed by atoms with van der Waals surface area (Å²) in [5.74, 6) is 0. The zero-order valence-electron chi connectivity index (χ0n) is 12.4. The average molecular weight is 256 g/mol.